The van der Waals surface area contributed by atoms with Crippen molar-refractivity contribution < 1.29 is 14.6 Å². The number of carbonyl (C=O) groups is 1. The lowest BCUT2D eigenvalue weighted by Crippen LogP contribution is -2.14. The van der Waals surface area contributed by atoms with E-state index in [1.807, 2.05) is 6.07 Å². The molecule has 0 bridgehead atoms. The second-order valence-electron chi connectivity index (χ2n) is 4.27. The third-order valence-electron chi connectivity index (χ3n) is 2.67. The van der Waals surface area contributed by atoms with E-state index in [1.165, 1.54) is 0 Å². The molecule has 0 heterocycles. The highest BCUT2D eigenvalue weighted by Gasteiger charge is 2.06. The van der Waals surface area contributed by atoms with Crippen LogP contribution in [0.25, 0.3) is 0 Å². The van der Waals surface area contributed by atoms with Gasteiger partial charge in [-0.2, -0.15) is 0 Å². The van der Waals surface area contributed by atoms with Gasteiger partial charge in [0, 0.05) is 16.2 Å². The highest BCUT2D eigenvalue weighted by atomic mass is 79.9. The molecule has 0 unspecified atom stereocenters. The van der Waals surface area contributed by atoms with Crippen LogP contribution >= 0.6 is 15.9 Å². The number of phenolic OH excluding ortho intramolecular Hbond substituents is 1. The summed E-state index contributed by atoms with van der Waals surface area (Å²) in [4.78, 5) is 12.0. The van der Waals surface area contributed by atoms with E-state index in [4.69, 9.17) is 4.74 Å². The molecule has 0 saturated heterocycles. The van der Waals surface area contributed by atoms with Crippen molar-refractivity contribution in [2.45, 2.75) is 6.42 Å². The molecule has 0 aliphatic heterocycles. The normalized spacial score (nSPS) is 10.1. The van der Waals surface area contributed by atoms with Gasteiger partial charge in [-0.25, -0.2) is 0 Å². The first kappa shape index (κ1) is 14.4. The molecule has 5 heteroatoms. The van der Waals surface area contributed by atoms with Gasteiger partial charge in [-0.05, 0) is 29.8 Å². The van der Waals surface area contributed by atoms with Crippen LogP contribution in [-0.4, -0.2) is 18.1 Å². The van der Waals surface area contributed by atoms with Crippen LogP contribution in [0.2, 0.25) is 0 Å². The highest BCUT2D eigenvalue weighted by molar-refractivity contribution is 9.10. The molecule has 0 aliphatic rings. The maximum atomic E-state index is 12.0. The molecule has 0 saturated carbocycles. The SMILES string of the molecule is COc1cc(Br)cc(NC(=O)Cc2cccc(O)c2)c1. The number of methoxy groups -OCH3 is 1. The van der Waals surface area contributed by atoms with Gasteiger partial charge in [0.2, 0.25) is 5.91 Å². The van der Waals surface area contributed by atoms with Crippen LogP contribution in [0, 0.1) is 0 Å². The number of hydrogen-bond donors (Lipinski definition) is 2. The van der Waals surface area contributed by atoms with Crippen LogP contribution in [0.1, 0.15) is 5.56 Å². The third kappa shape index (κ3) is 3.99. The molecule has 0 aliphatic carbocycles. The molecular weight excluding hydrogens is 322 g/mol. The zero-order valence-electron chi connectivity index (χ0n) is 10.9. The number of halogens is 1. The molecule has 0 fully saturated rings. The van der Waals surface area contributed by atoms with Gasteiger partial charge in [0.15, 0.2) is 0 Å². The third-order valence-corrected chi connectivity index (χ3v) is 3.12. The van der Waals surface area contributed by atoms with E-state index < -0.39 is 0 Å². The Labute approximate surface area is 125 Å². The fourth-order valence-corrected chi connectivity index (χ4v) is 2.28. The van der Waals surface area contributed by atoms with Gasteiger partial charge < -0.3 is 15.2 Å². The summed E-state index contributed by atoms with van der Waals surface area (Å²) in [6.45, 7) is 0. The Morgan fingerprint density at radius 1 is 1.30 bits per heavy atom. The van der Waals surface area contributed by atoms with Gasteiger partial charge in [-0.1, -0.05) is 28.1 Å². The Morgan fingerprint density at radius 2 is 2.10 bits per heavy atom. The van der Waals surface area contributed by atoms with E-state index in [9.17, 15) is 9.90 Å². The molecule has 2 N–H and O–H groups in total. The Morgan fingerprint density at radius 3 is 2.80 bits per heavy atom. The average Bonchev–Trinajstić information content (AvgIpc) is 2.37. The zero-order valence-corrected chi connectivity index (χ0v) is 12.5. The lowest BCUT2D eigenvalue weighted by molar-refractivity contribution is -0.115. The lowest BCUT2D eigenvalue weighted by atomic mass is 10.1. The fourth-order valence-electron chi connectivity index (χ4n) is 1.81. The molecule has 0 atom stereocenters. The first-order valence-electron chi connectivity index (χ1n) is 5.99. The van der Waals surface area contributed by atoms with Crippen LogP contribution in [0.3, 0.4) is 0 Å². The summed E-state index contributed by atoms with van der Waals surface area (Å²) < 4.78 is 5.96. The number of carbonyl (C=O) groups excluding carboxylic acids is 1. The minimum Gasteiger partial charge on any atom is -0.508 e. The van der Waals surface area contributed by atoms with Gasteiger partial charge in [0.1, 0.15) is 11.5 Å². The van der Waals surface area contributed by atoms with Crippen molar-refractivity contribution in [2.24, 2.45) is 0 Å². The second kappa shape index (κ2) is 6.43. The molecule has 0 aromatic heterocycles. The van der Waals surface area contributed by atoms with E-state index in [0.717, 1.165) is 10.0 Å². The van der Waals surface area contributed by atoms with E-state index in [2.05, 4.69) is 21.2 Å². The summed E-state index contributed by atoms with van der Waals surface area (Å²) in [6.07, 6.45) is 0.198. The minimum atomic E-state index is -0.157. The molecule has 2 aromatic rings. The first-order chi connectivity index (χ1) is 9.56. The predicted molar refractivity (Wildman–Crippen MR) is 81.1 cm³/mol. The largest absolute Gasteiger partial charge is 0.508 e. The summed E-state index contributed by atoms with van der Waals surface area (Å²) in [6, 6.07) is 12.0. The standard InChI is InChI=1S/C15H14BrNO3/c1-20-14-8-11(16)7-12(9-14)17-15(19)6-10-3-2-4-13(18)5-10/h2-5,7-9,18H,6H2,1H3,(H,17,19). The first-order valence-corrected chi connectivity index (χ1v) is 6.78. The number of amides is 1. The monoisotopic (exact) mass is 335 g/mol. The number of ether oxygens (including phenoxy) is 1. The summed E-state index contributed by atoms with van der Waals surface area (Å²) in [5.41, 5.74) is 1.41. The Balaban J connectivity index is 2.06. The van der Waals surface area contributed by atoms with Crippen LogP contribution in [-0.2, 0) is 11.2 Å². The number of aromatic hydroxyl groups is 1. The van der Waals surface area contributed by atoms with Gasteiger partial charge in [0.05, 0.1) is 13.5 Å². The average molecular weight is 336 g/mol. The van der Waals surface area contributed by atoms with Crippen LogP contribution in [0.15, 0.2) is 46.9 Å². The van der Waals surface area contributed by atoms with Crippen LogP contribution < -0.4 is 10.1 Å². The maximum absolute atomic E-state index is 12.0. The smallest absolute Gasteiger partial charge is 0.228 e. The van der Waals surface area contributed by atoms with Crippen LogP contribution in [0.5, 0.6) is 11.5 Å². The van der Waals surface area contributed by atoms with E-state index in [1.54, 1.807) is 43.5 Å². The van der Waals surface area contributed by atoms with Crippen molar-refractivity contribution in [3.8, 4) is 11.5 Å². The Kier molecular flexibility index (Phi) is 4.63. The molecule has 2 aromatic carbocycles. The lowest BCUT2D eigenvalue weighted by Gasteiger charge is -2.08. The molecule has 4 nitrogen and oxygen atoms in total. The number of rotatable bonds is 4. The quantitative estimate of drug-likeness (QED) is 0.900. The highest BCUT2D eigenvalue weighted by Crippen LogP contribution is 2.24. The van der Waals surface area contributed by atoms with Gasteiger partial charge >= 0.3 is 0 Å². The van der Waals surface area contributed by atoms with Crippen molar-refractivity contribution in [2.75, 3.05) is 12.4 Å². The number of anilines is 1. The molecule has 0 spiro atoms. The van der Waals surface area contributed by atoms with Crippen molar-refractivity contribution >= 4 is 27.5 Å². The summed E-state index contributed by atoms with van der Waals surface area (Å²) >= 11 is 3.36. The van der Waals surface area contributed by atoms with E-state index >= 15 is 0 Å². The fraction of sp³-hybridized carbons (Fsp3) is 0.133. The van der Waals surface area contributed by atoms with Crippen molar-refractivity contribution in [1.29, 1.82) is 0 Å². The summed E-state index contributed by atoms with van der Waals surface area (Å²) in [7, 11) is 1.57. The molecule has 104 valence electrons. The Hall–Kier alpha value is -2.01. The van der Waals surface area contributed by atoms with Crippen LogP contribution in [0.4, 0.5) is 5.69 Å². The van der Waals surface area contributed by atoms with Gasteiger partial charge in [-0.3, -0.25) is 4.79 Å². The van der Waals surface area contributed by atoms with E-state index in [0.29, 0.717) is 11.4 Å². The summed E-state index contributed by atoms with van der Waals surface area (Å²) in [5.74, 6) is 0.655. The van der Waals surface area contributed by atoms with Gasteiger partial charge in [-0.15, -0.1) is 0 Å². The second-order valence-corrected chi connectivity index (χ2v) is 5.19. The maximum Gasteiger partial charge on any atom is 0.228 e. The predicted octanol–water partition coefficient (Wildman–Crippen LogP) is 3.34. The van der Waals surface area contributed by atoms with Crippen molar-refractivity contribution in [1.82, 2.24) is 0 Å². The molecule has 1 amide bonds. The van der Waals surface area contributed by atoms with Crippen molar-refractivity contribution in [3.05, 3.63) is 52.5 Å². The number of benzene rings is 2. The van der Waals surface area contributed by atoms with Crippen molar-refractivity contribution in [3.63, 3.8) is 0 Å². The number of hydrogen-bond acceptors (Lipinski definition) is 3. The zero-order chi connectivity index (χ0) is 14.5. The van der Waals surface area contributed by atoms with Gasteiger partial charge in [0.25, 0.3) is 0 Å². The number of nitrogens with one attached hydrogen (secondary N) is 1. The number of phenols is 1. The molecule has 0 radical (unpaired) electrons. The summed E-state index contributed by atoms with van der Waals surface area (Å²) in [5, 5.41) is 12.2. The van der Waals surface area contributed by atoms with E-state index in [-0.39, 0.29) is 18.1 Å². The minimum absolute atomic E-state index is 0.152. The Bertz CT molecular complexity index is 628. The topological polar surface area (TPSA) is 58.6 Å². The molecule has 20 heavy (non-hydrogen) atoms. The molecular formula is C15H14BrNO3. The molecule has 2 rings (SSSR count).